The van der Waals surface area contributed by atoms with Gasteiger partial charge in [0.2, 0.25) is 0 Å². The molecule has 0 aliphatic heterocycles. The average molecular weight is 389 g/mol. The van der Waals surface area contributed by atoms with Crippen LogP contribution in [0.1, 0.15) is 0 Å². The predicted octanol–water partition coefficient (Wildman–Crippen LogP) is 5.66. The van der Waals surface area contributed by atoms with Crippen molar-refractivity contribution in [3.63, 3.8) is 0 Å². The molecule has 5 rings (SSSR count). The Morgan fingerprint density at radius 3 is 1.83 bits per heavy atom. The van der Waals surface area contributed by atoms with E-state index < -0.39 is 7.92 Å². The van der Waals surface area contributed by atoms with E-state index in [0.29, 0.717) is 0 Å². The number of nitrogens with zero attached hydrogens (tertiary/aromatic N) is 1. The summed E-state index contributed by atoms with van der Waals surface area (Å²) in [5, 5.41) is 6.45. The smallest absolute Gasteiger partial charge is 0.0786 e. The predicted molar refractivity (Wildman–Crippen MR) is 126 cm³/mol. The quantitative estimate of drug-likeness (QED) is 0.362. The Hall–Kier alpha value is -3.28. The highest BCUT2D eigenvalue weighted by molar-refractivity contribution is 7.80. The van der Waals surface area contributed by atoms with Crippen LogP contribution in [0.5, 0.6) is 0 Å². The van der Waals surface area contributed by atoms with Crippen molar-refractivity contribution in [2.24, 2.45) is 0 Å². The lowest BCUT2D eigenvalue weighted by Gasteiger charge is -2.22. The normalized spacial score (nSPS) is 11.1. The highest BCUT2D eigenvalue weighted by atomic mass is 31.1. The summed E-state index contributed by atoms with van der Waals surface area (Å²) in [4.78, 5) is 4.82. The van der Waals surface area contributed by atoms with Crippen LogP contribution in [0.2, 0.25) is 0 Å². The molecule has 2 heteroatoms. The molecule has 5 aromatic rings. The SMILES string of the molecule is c1ccc(P(c2ccccc2)c2ccccc2-c2nccc3ccccc23)cc1. The van der Waals surface area contributed by atoms with E-state index in [-0.39, 0.29) is 0 Å². The van der Waals surface area contributed by atoms with Crippen LogP contribution in [0.4, 0.5) is 0 Å². The van der Waals surface area contributed by atoms with E-state index in [4.69, 9.17) is 4.98 Å². The summed E-state index contributed by atoms with van der Waals surface area (Å²) in [5.74, 6) is 0. The molecule has 0 radical (unpaired) electrons. The van der Waals surface area contributed by atoms with Gasteiger partial charge in [-0.25, -0.2) is 0 Å². The van der Waals surface area contributed by atoms with Crippen molar-refractivity contribution >= 4 is 34.6 Å². The molecule has 138 valence electrons. The monoisotopic (exact) mass is 389 g/mol. The number of rotatable bonds is 4. The van der Waals surface area contributed by atoms with Gasteiger partial charge < -0.3 is 0 Å². The minimum Gasteiger partial charge on any atom is -0.256 e. The van der Waals surface area contributed by atoms with Crippen LogP contribution >= 0.6 is 7.92 Å². The van der Waals surface area contributed by atoms with Crippen molar-refractivity contribution < 1.29 is 0 Å². The summed E-state index contributed by atoms with van der Waals surface area (Å²) >= 11 is 0. The van der Waals surface area contributed by atoms with Gasteiger partial charge in [0.15, 0.2) is 0 Å². The van der Waals surface area contributed by atoms with Gasteiger partial charge in [-0.3, -0.25) is 4.98 Å². The molecule has 0 aliphatic carbocycles. The van der Waals surface area contributed by atoms with E-state index in [1.54, 1.807) is 0 Å². The van der Waals surface area contributed by atoms with E-state index >= 15 is 0 Å². The molecule has 4 aromatic carbocycles. The summed E-state index contributed by atoms with van der Waals surface area (Å²) in [7, 11) is -0.686. The number of pyridine rings is 1. The molecule has 0 bridgehead atoms. The molecule has 0 N–H and O–H groups in total. The van der Waals surface area contributed by atoms with Crippen molar-refractivity contribution in [2.45, 2.75) is 0 Å². The molecule has 0 amide bonds. The number of fused-ring (bicyclic) bond motifs is 1. The third-order valence-corrected chi connectivity index (χ3v) is 7.60. The van der Waals surface area contributed by atoms with Crippen LogP contribution in [0.3, 0.4) is 0 Å². The fourth-order valence-electron chi connectivity index (χ4n) is 3.78. The lowest BCUT2D eigenvalue weighted by Crippen LogP contribution is -2.22. The molecule has 1 aromatic heterocycles. The molecule has 0 unspecified atom stereocenters. The highest BCUT2D eigenvalue weighted by Crippen LogP contribution is 2.37. The maximum Gasteiger partial charge on any atom is 0.0786 e. The number of aromatic nitrogens is 1. The Morgan fingerprint density at radius 2 is 1.10 bits per heavy atom. The van der Waals surface area contributed by atoms with Gasteiger partial charge in [0.25, 0.3) is 0 Å². The van der Waals surface area contributed by atoms with Crippen LogP contribution in [0.25, 0.3) is 22.0 Å². The van der Waals surface area contributed by atoms with Crippen molar-refractivity contribution in [3.8, 4) is 11.3 Å². The first-order valence-corrected chi connectivity index (χ1v) is 11.1. The van der Waals surface area contributed by atoms with E-state index in [0.717, 1.165) is 5.69 Å². The van der Waals surface area contributed by atoms with E-state index in [2.05, 4.69) is 115 Å². The largest absolute Gasteiger partial charge is 0.256 e. The summed E-state index contributed by atoms with van der Waals surface area (Å²) in [5.41, 5.74) is 2.26. The lowest BCUT2D eigenvalue weighted by atomic mass is 10.0. The van der Waals surface area contributed by atoms with Crippen molar-refractivity contribution in [1.82, 2.24) is 4.98 Å². The third kappa shape index (κ3) is 3.46. The van der Waals surface area contributed by atoms with Gasteiger partial charge in [-0.2, -0.15) is 0 Å². The van der Waals surface area contributed by atoms with Crippen LogP contribution in [0.15, 0.2) is 121 Å². The zero-order chi connectivity index (χ0) is 19.5. The molecule has 0 atom stereocenters. The second kappa shape index (κ2) is 7.99. The second-order valence-electron chi connectivity index (χ2n) is 6.90. The van der Waals surface area contributed by atoms with Gasteiger partial charge in [0.1, 0.15) is 0 Å². The van der Waals surface area contributed by atoms with Crippen molar-refractivity contribution in [1.29, 1.82) is 0 Å². The Morgan fingerprint density at radius 1 is 0.517 bits per heavy atom. The molecular formula is C27H20NP. The highest BCUT2D eigenvalue weighted by Gasteiger charge is 2.21. The van der Waals surface area contributed by atoms with E-state index in [9.17, 15) is 0 Å². The minimum atomic E-state index is -0.686. The zero-order valence-corrected chi connectivity index (χ0v) is 16.8. The first-order valence-electron chi connectivity index (χ1n) is 9.75. The first kappa shape index (κ1) is 17.8. The molecule has 1 nitrogen and oxygen atoms in total. The van der Waals surface area contributed by atoms with Gasteiger partial charge in [-0.05, 0) is 35.3 Å². The molecule has 0 saturated heterocycles. The van der Waals surface area contributed by atoms with Crippen LogP contribution in [-0.2, 0) is 0 Å². The van der Waals surface area contributed by atoms with Crippen molar-refractivity contribution in [2.75, 3.05) is 0 Å². The molecule has 0 saturated carbocycles. The van der Waals surface area contributed by atoms with Crippen molar-refractivity contribution in [3.05, 3.63) is 121 Å². The Bertz CT molecular complexity index is 1200. The molecule has 0 aliphatic rings. The maximum atomic E-state index is 4.82. The molecule has 1 heterocycles. The third-order valence-electron chi connectivity index (χ3n) is 5.10. The Labute approximate surface area is 172 Å². The van der Waals surface area contributed by atoms with Crippen LogP contribution in [-0.4, -0.2) is 4.98 Å². The van der Waals surface area contributed by atoms with Gasteiger partial charge in [-0.15, -0.1) is 0 Å². The molecule has 0 spiro atoms. The Balaban J connectivity index is 1.77. The standard InChI is InChI=1S/C27H20NP/c1-3-12-22(13-4-1)29(23-14-5-2-6-15-23)26-18-10-9-17-25(26)27-24-16-8-7-11-21(24)19-20-28-27/h1-20H. The van der Waals surface area contributed by atoms with Crippen LogP contribution < -0.4 is 15.9 Å². The zero-order valence-electron chi connectivity index (χ0n) is 15.9. The fraction of sp³-hybridized carbons (Fsp3) is 0. The maximum absolute atomic E-state index is 4.82. The average Bonchev–Trinajstić information content (AvgIpc) is 2.81. The van der Waals surface area contributed by atoms with E-state index in [1.165, 1.54) is 32.2 Å². The number of benzene rings is 4. The first-order chi connectivity index (χ1) is 14.4. The summed E-state index contributed by atoms with van der Waals surface area (Å²) in [6.07, 6.45) is 1.92. The molecule has 0 fully saturated rings. The molecular weight excluding hydrogens is 369 g/mol. The second-order valence-corrected chi connectivity index (χ2v) is 9.09. The van der Waals surface area contributed by atoms with Gasteiger partial charge in [0.05, 0.1) is 5.69 Å². The number of hydrogen-bond donors (Lipinski definition) is 0. The van der Waals surface area contributed by atoms with Crippen LogP contribution in [0, 0.1) is 0 Å². The summed E-state index contributed by atoms with van der Waals surface area (Å²) in [6, 6.07) is 41.0. The van der Waals surface area contributed by atoms with Gasteiger partial charge in [0, 0.05) is 17.1 Å². The number of hydrogen-bond acceptors (Lipinski definition) is 1. The topological polar surface area (TPSA) is 12.9 Å². The lowest BCUT2D eigenvalue weighted by molar-refractivity contribution is 1.36. The Kier molecular flexibility index (Phi) is 4.90. The molecule has 29 heavy (non-hydrogen) atoms. The fourth-order valence-corrected chi connectivity index (χ4v) is 6.24. The summed E-state index contributed by atoms with van der Waals surface area (Å²) < 4.78 is 0. The van der Waals surface area contributed by atoms with Gasteiger partial charge >= 0.3 is 0 Å². The summed E-state index contributed by atoms with van der Waals surface area (Å²) in [6.45, 7) is 0. The van der Waals surface area contributed by atoms with Gasteiger partial charge in [-0.1, -0.05) is 109 Å². The van der Waals surface area contributed by atoms with E-state index in [1.807, 2.05) is 6.20 Å². The minimum absolute atomic E-state index is 0.686.